The maximum absolute atomic E-state index is 11.4. The number of carboxylic acid groups (broad SMARTS) is 1. The van der Waals surface area contributed by atoms with Gasteiger partial charge in [0, 0.05) is 0 Å². The van der Waals surface area contributed by atoms with Crippen LogP contribution in [0.4, 0.5) is 4.79 Å². The first-order valence-corrected chi connectivity index (χ1v) is 5.36. The van der Waals surface area contributed by atoms with Gasteiger partial charge in [-0.25, -0.2) is 9.59 Å². The smallest absolute Gasteiger partial charge is 0.408 e. The molecule has 5 heteroatoms. The molecule has 2 N–H and O–H groups in total. The Balaban J connectivity index is 2.41. The van der Waals surface area contributed by atoms with Gasteiger partial charge < -0.3 is 15.2 Å². The van der Waals surface area contributed by atoms with Gasteiger partial charge in [-0.1, -0.05) is 6.58 Å². The molecule has 1 saturated carbocycles. The summed E-state index contributed by atoms with van der Waals surface area (Å²) in [5.41, 5.74) is 0.371. The number of ether oxygens (including phenoxy) is 1. The van der Waals surface area contributed by atoms with Gasteiger partial charge in [0.25, 0.3) is 0 Å². The summed E-state index contributed by atoms with van der Waals surface area (Å²) >= 11 is 0. The lowest BCUT2D eigenvalue weighted by atomic mass is 10.1. The predicted molar refractivity (Wildman–Crippen MR) is 58.1 cm³/mol. The Morgan fingerprint density at radius 3 is 2.44 bits per heavy atom. The third kappa shape index (κ3) is 3.56. The molecular weight excluding hydrogens is 210 g/mol. The summed E-state index contributed by atoms with van der Waals surface area (Å²) < 4.78 is 5.09. The maximum Gasteiger partial charge on any atom is 0.408 e. The van der Waals surface area contributed by atoms with Crippen molar-refractivity contribution in [3.63, 3.8) is 0 Å². The van der Waals surface area contributed by atoms with E-state index in [-0.39, 0.29) is 6.10 Å². The quantitative estimate of drug-likeness (QED) is 0.716. The summed E-state index contributed by atoms with van der Waals surface area (Å²) in [6, 6.07) is -1.08. The van der Waals surface area contributed by atoms with E-state index in [4.69, 9.17) is 9.84 Å². The molecule has 1 amide bonds. The number of nitrogens with one attached hydrogen (secondary N) is 1. The van der Waals surface area contributed by atoms with Crippen LogP contribution in [-0.4, -0.2) is 29.3 Å². The van der Waals surface area contributed by atoms with E-state index in [1.807, 2.05) is 0 Å². The minimum absolute atomic E-state index is 0.0698. The minimum atomic E-state index is -1.13. The molecule has 1 aliphatic carbocycles. The fourth-order valence-corrected chi connectivity index (χ4v) is 1.71. The molecule has 0 spiro atoms. The molecule has 1 aliphatic rings. The number of carboxylic acids is 1. The summed E-state index contributed by atoms with van der Waals surface area (Å²) in [4.78, 5) is 22.2. The van der Waals surface area contributed by atoms with Crippen molar-refractivity contribution in [1.82, 2.24) is 5.32 Å². The lowest BCUT2D eigenvalue weighted by Gasteiger charge is -2.16. The molecule has 1 atom stereocenters. The number of hydrogen-bond donors (Lipinski definition) is 2. The van der Waals surface area contributed by atoms with Crippen molar-refractivity contribution >= 4 is 12.1 Å². The second-order valence-electron chi connectivity index (χ2n) is 4.07. The summed E-state index contributed by atoms with van der Waals surface area (Å²) in [6.45, 7) is 5.06. The zero-order chi connectivity index (χ0) is 12.1. The Kier molecular flexibility index (Phi) is 4.34. The molecule has 0 radical (unpaired) electrons. The number of hydrogen-bond acceptors (Lipinski definition) is 3. The SMILES string of the molecule is C=C(C)[C@H](NC(=O)OC1CCCC1)C(=O)O. The van der Waals surface area contributed by atoms with Crippen LogP contribution in [0.3, 0.4) is 0 Å². The first-order chi connectivity index (χ1) is 7.50. The highest BCUT2D eigenvalue weighted by Crippen LogP contribution is 2.20. The van der Waals surface area contributed by atoms with Crippen LogP contribution < -0.4 is 5.32 Å². The second kappa shape index (κ2) is 5.53. The van der Waals surface area contributed by atoms with E-state index in [1.54, 1.807) is 6.92 Å². The average Bonchev–Trinajstić information content (AvgIpc) is 2.65. The molecule has 0 saturated heterocycles. The van der Waals surface area contributed by atoms with Crippen molar-refractivity contribution in [2.45, 2.75) is 44.8 Å². The average molecular weight is 227 g/mol. The van der Waals surface area contributed by atoms with Crippen LogP contribution >= 0.6 is 0 Å². The zero-order valence-electron chi connectivity index (χ0n) is 9.36. The monoisotopic (exact) mass is 227 g/mol. The van der Waals surface area contributed by atoms with Crippen molar-refractivity contribution < 1.29 is 19.4 Å². The zero-order valence-corrected chi connectivity index (χ0v) is 9.36. The van der Waals surface area contributed by atoms with E-state index in [2.05, 4.69) is 11.9 Å². The van der Waals surface area contributed by atoms with Crippen LogP contribution in [0, 0.1) is 0 Å². The predicted octanol–water partition coefficient (Wildman–Crippen LogP) is 1.68. The number of aliphatic carboxylic acids is 1. The summed E-state index contributed by atoms with van der Waals surface area (Å²) in [5.74, 6) is -1.13. The fourth-order valence-electron chi connectivity index (χ4n) is 1.71. The van der Waals surface area contributed by atoms with Gasteiger partial charge in [-0.15, -0.1) is 0 Å². The Bertz CT molecular complexity index is 280. The highest BCUT2D eigenvalue weighted by Gasteiger charge is 2.24. The fraction of sp³-hybridized carbons (Fsp3) is 0.636. The van der Waals surface area contributed by atoms with Gasteiger partial charge in [0.05, 0.1) is 0 Å². The standard InChI is InChI=1S/C11H17NO4/c1-7(2)9(10(13)14)12-11(15)16-8-5-3-4-6-8/h8-9H,1,3-6H2,2H3,(H,12,15)(H,13,14)/t9-/m0/s1. The Hall–Kier alpha value is -1.52. The van der Waals surface area contributed by atoms with E-state index in [0.29, 0.717) is 5.57 Å². The Morgan fingerprint density at radius 2 is 2.00 bits per heavy atom. The van der Waals surface area contributed by atoms with Gasteiger partial charge in [-0.05, 0) is 38.2 Å². The molecule has 0 aromatic rings. The Labute approximate surface area is 94.5 Å². The van der Waals surface area contributed by atoms with Gasteiger partial charge in [-0.2, -0.15) is 0 Å². The van der Waals surface area contributed by atoms with E-state index in [1.165, 1.54) is 0 Å². The van der Waals surface area contributed by atoms with Gasteiger partial charge in [0.15, 0.2) is 6.04 Å². The molecule has 0 unspecified atom stereocenters. The summed E-state index contributed by atoms with van der Waals surface area (Å²) in [7, 11) is 0. The van der Waals surface area contributed by atoms with Gasteiger partial charge in [-0.3, -0.25) is 0 Å². The summed E-state index contributed by atoms with van der Waals surface area (Å²) in [5, 5.41) is 11.1. The third-order valence-electron chi connectivity index (χ3n) is 2.58. The van der Waals surface area contributed by atoms with Crippen LogP contribution in [0.15, 0.2) is 12.2 Å². The first kappa shape index (κ1) is 12.5. The molecule has 16 heavy (non-hydrogen) atoms. The van der Waals surface area contributed by atoms with Crippen LogP contribution in [0.25, 0.3) is 0 Å². The number of amides is 1. The topological polar surface area (TPSA) is 75.6 Å². The van der Waals surface area contributed by atoms with Crippen LogP contribution in [-0.2, 0) is 9.53 Å². The molecule has 0 bridgehead atoms. The van der Waals surface area contributed by atoms with Gasteiger partial charge in [0.1, 0.15) is 6.10 Å². The second-order valence-corrected chi connectivity index (χ2v) is 4.07. The van der Waals surface area contributed by atoms with Crippen LogP contribution in [0.1, 0.15) is 32.6 Å². The summed E-state index contributed by atoms with van der Waals surface area (Å²) in [6.07, 6.45) is 3.08. The number of rotatable bonds is 4. The lowest BCUT2D eigenvalue weighted by molar-refractivity contribution is -0.138. The van der Waals surface area contributed by atoms with E-state index >= 15 is 0 Å². The largest absolute Gasteiger partial charge is 0.479 e. The van der Waals surface area contributed by atoms with Crippen molar-refractivity contribution in [1.29, 1.82) is 0 Å². The van der Waals surface area contributed by atoms with E-state index < -0.39 is 18.1 Å². The number of carbonyl (C=O) groups is 2. The molecule has 0 aromatic carbocycles. The van der Waals surface area contributed by atoms with Crippen molar-refractivity contribution in [3.05, 3.63) is 12.2 Å². The highest BCUT2D eigenvalue weighted by molar-refractivity contribution is 5.82. The van der Waals surface area contributed by atoms with Crippen molar-refractivity contribution in [3.8, 4) is 0 Å². The molecule has 0 aromatic heterocycles. The molecule has 1 fully saturated rings. The lowest BCUT2D eigenvalue weighted by Crippen LogP contribution is -2.42. The Morgan fingerprint density at radius 1 is 1.44 bits per heavy atom. The van der Waals surface area contributed by atoms with Gasteiger partial charge in [0.2, 0.25) is 0 Å². The minimum Gasteiger partial charge on any atom is -0.479 e. The molecular formula is C11H17NO4. The number of alkyl carbamates (subject to hydrolysis) is 1. The number of carbonyl (C=O) groups excluding carboxylic acids is 1. The van der Waals surface area contributed by atoms with Crippen LogP contribution in [0.5, 0.6) is 0 Å². The van der Waals surface area contributed by atoms with E-state index in [0.717, 1.165) is 25.7 Å². The van der Waals surface area contributed by atoms with Crippen molar-refractivity contribution in [2.24, 2.45) is 0 Å². The highest BCUT2D eigenvalue weighted by atomic mass is 16.6. The normalized spacial score (nSPS) is 17.8. The van der Waals surface area contributed by atoms with Crippen molar-refractivity contribution in [2.75, 3.05) is 0 Å². The molecule has 5 nitrogen and oxygen atoms in total. The molecule has 90 valence electrons. The maximum atomic E-state index is 11.4. The van der Waals surface area contributed by atoms with E-state index in [9.17, 15) is 9.59 Å². The van der Waals surface area contributed by atoms with Gasteiger partial charge >= 0.3 is 12.1 Å². The molecule has 1 rings (SSSR count). The third-order valence-corrected chi connectivity index (χ3v) is 2.58. The van der Waals surface area contributed by atoms with Crippen LogP contribution in [0.2, 0.25) is 0 Å². The molecule has 0 aliphatic heterocycles. The molecule has 0 heterocycles. The first-order valence-electron chi connectivity index (χ1n) is 5.36.